The summed E-state index contributed by atoms with van der Waals surface area (Å²) in [6.07, 6.45) is 16.7. The molecule has 4 heterocycles. The molecular formula is C42H52Se4. The Kier molecular flexibility index (Phi) is 21.2. The van der Waals surface area contributed by atoms with Crippen molar-refractivity contribution in [2.75, 3.05) is 0 Å². The van der Waals surface area contributed by atoms with Crippen LogP contribution >= 0.6 is 0 Å². The van der Waals surface area contributed by atoms with Crippen molar-refractivity contribution in [2.24, 2.45) is 0 Å². The molecule has 244 valence electrons. The van der Waals surface area contributed by atoms with Crippen LogP contribution in [0.4, 0.5) is 0 Å². The molecule has 4 aliphatic heterocycles. The Hall–Kier alpha value is -1.24. The van der Waals surface area contributed by atoms with E-state index in [1.165, 1.54) is 104 Å². The van der Waals surface area contributed by atoms with Crippen LogP contribution in [0.2, 0.25) is 21.3 Å². The molecule has 0 unspecified atom stereocenters. The van der Waals surface area contributed by atoms with Gasteiger partial charge in [0, 0.05) is 0 Å². The van der Waals surface area contributed by atoms with Gasteiger partial charge in [-0.2, -0.15) is 0 Å². The molecule has 4 bridgehead atoms. The van der Waals surface area contributed by atoms with Gasteiger partial charge in [-0.15, -0.1) is 0 Å². The summed E-state index contributed by atoms with van der Waals surface area (Å²) in [6.45, 7) is 9.09. The van der Waals surface area contributed by atoms with Crippen LogP contribution in [-0.4, -0.2) is 59.8 Å². The van der Waals surface area contributed by atoms with Gasteiger partial charge in [0.15, 0.2) is 0 Å². The zero-order valence-corrected chi connectivity index (χ0v) is 35.5. The molecule has 46 heavy (non-hydrogen) atoms. The molecule has 2 aromatic rings. The molecule has 2 aromatic carbocycles. The molecule has 0 aliphatic carbocycles. The second-order valence-corrected chi connectivity index (χ2v) is 19.3. The van der Waals surface area contributed by atoms with Gasteiger partial charge in [-0.3, -0.25) is 0 Å². The molecule has 0 fully saturated rings. The van der Waals surface area contributed by atoms with Gasteiger partial charge in [0.05, 0.1) is 0 Å². The van der Waals surface area contributed by atoms with Gasteiger partial charge in [0.2, 0.25) is 0 Å². The fourth-order valence-electron chi connectivity index (χ4n) is 5.37. The van der Waals surface area contributed by atoms with Crippen molar-refractivity contribution in [3.8, 4) is 43.0 Å². The Bertz CT molecular complexity index is 1250. The second kappa shape index (κ2) is 24.8. The van der Waals surface area contributed by atoms with E-state index in [1.807, 2.05) is 0 Å². The van der Waals surface area contributed by atoms with Gasteiger partial charge in [-0.25, -0.2) is 0 Å². The van der Waals surface area contributed by atoms with Crippen LogP contribution in [0.25, 0.3) is 0 Å². The molecule has 0 atom stereocenters. The summed E-state index contributed by atoms with van der Waals surface area (Å²) in [5.41, 5.74) is 10.6. The molecule has 0 saturated heterocycles. The third-order valence-electron chi connectivity index (χ3n) is 7.75. The summed E-state index contributed by atoms with van der Waals surface area (Å²) in [5, 5.41) is 5.02. The summed E-state index contributed by atoms with van der Waals surface area (Å²) >= 11 is 1.57. The zero-order valence-electron chi connectivity index (χ0n) is 28.7. The predicted octanol–water partition coefficient (Wildman–Crippen LogP) is 9.28. The number of hydrogen-bond acceptors (Lipinski definition) is 0. The number of aryl methyl sites for hydroxylation is 4. The summed E-state index contributed by atoms with van der Waals surface area (Å²) in [5.74, 6) is 14.4. The van der Waals surface area contributed by atoms with Crippen LogP contribution < -0.4 is 0 Å². The van der Waals surface area contributed by atoms with Gasteiger partial charge in [-0.05, 0) is 0 Å². The average Bonchev–Trinajstić information content (AvgIpc) is 3.05. The first-order valence-electron chi connectivity index (χ1n) is 17.5. The summed E-state index contributed by atoms with van der Waals surface area (Å²) in [7, 11) is 0. The van der Waals surface area contributed by atoms with Crippen molar-refractivity contribution in [1.82, 2.24) is 0 Å². The normalized spacial score (nSPS) is 14.9. The Morgan fingerprint density at radius 2 is 0.630 bits per heavy atom. The quantitative estimate of drug-likeness (QED) is 0.184. The van der Waals surface area contributed by atoms with E-state index in [-0.39, 0.29) is 0 Å². The first kappa shape index (κ1) is 39.2. The summed E-state index contributed by atoms with van der Waals surface area (Å²) < 4.78 is 0. The Labute approximate surface area is 308 Å². The van der Waals surface area contributed by atoms with Gasteiger partial charge in [-0.1, -0.05) is 0 Å². The van der Waals surface area contributed by atoms with Crippen LogP contribution in [0, 0.1) is 43.0 Å². The van der Waals surface area contributed by atoms with Crippen molar-refractivity contribution >= 4 is 59.8 Å². The third-order valence-corrected chi connectivity index (χ3v) is 14.0. The minimum atomic E-state index is 0.393. The van der Waals surface area contributed by atoms with Crippen LogP contribution in [0.1, 0.15) is 136 Å². The topological polar surface area (TPSA) is 0 Å². The Morgan fingerprint density at radius 1 is 0.391 bits per heavy atom. The molecule has 0 radical (unpaired) electrons. The molecule has 6 rings (SSSR count). The van der Waals surface area contributed by atoms with E-state index in [2.05, 4.69) is 94.9 Å². The second-order valence-electron chi connectivity index (χ2n) is 11.8. The number of hydrogen-bond donors (Lipinski definition) is 0. The zero-order chi connectivity index (χ0) is 32.7. The van der Waals surface area contributed by atoms with Gasteiger partial charge in [0.25, 0.3) is 0 Å². The number of rotatable bonds is 8. The maximum atomic E-state index is 3.60. The van der Waals surface area contributed by atoms with Crippen LogP contribution in [0.5, 0.6) is 0 Å². The van der Waals surface area contributed by atoms with E-state index in [1.54, 1.807) is 0 Å². The molecular weight excluding hydrogens is 820 g/mol. The van der Waals surface area contributed by atoms with Crippen molar-refractivity contribution in [3.63, 3.8) is 0 Å². The number of benzene rings is 2. The minimum absolute atomic E-state index is 0.393. The molecule has 0 amide bonds. The van der Waals surface area contributed by atoms with Gasteiger partial charge >= 0.3 is 310 Å². The third kappa shape index (κ3) is 14.9. The molecule has 0 saturated carbocycles. The molecule has 0 spiro atoms. The van der Waals surface area contributed by atoms with Crippen molar-refractivity contribution in [3.05, 3.63) is 68.8 Å². The molecule has 0 aromatic heterocycles. The summed E-state index contributed by atoms with van der Waals surface area (Å²) in [4.78, 5) is 14.4. The van der Waals surface area contributed by atoms with Crippen molar-refractivity contribution in [2.45, 2.75) is 139 Å². The van der Waals surface area contributed by atoms with Crippen molar-refractivity contribution < 1.29 is 0 Å². The molecule has 4 aliphatic rings. The molecule has 0 N–H and O–H groups in total. The maximum absolute atomic E-state index is 3.60. The molecule has 4 heteroatoms. The van der Waals surface area contributed by atoms with E-state index in [0.717, 1.165) is 51.4 Å². The standard InChI is InChI=1S/C42H52Se4/c1-5-15-35-31-40-20-28-44-24-12-10-14-26-46-30-22-42-34-37(17-7-3)41(33-38(42)18-8-4)21-29-45-25-13-9-11-23-43-27-19-39(35)32-36(40)16-6-2/h31-34H,5-18,23-26H2,1-4H3. The van der Waals surface area contributed by atoms with Gasteiger partial charge in [0.1, 0.15) is 0 Å². The first-order chi connectivity index (χ1) is 22.7. The van der Waals surface area contributed by atoms with E-state index in [0.29, 0.717) is 59.8 Å². The van der Waals surface area contributed by atoms with Crippen LogP contribution in [-0.2, 0) is 25.7 Å². The molecule has 0 nitrogen and oxygen atoms in total. The monoisotopic (exact) mass is 876 g/mol. The van der Waals surface area contributed by atoms with Crippen LogP contribution in [0.15, 0.2) is 24.3 Å². The summed E-state index contributed by atoms with van der Waals surface area (Å²) in [6, 6.07) is 9.52. The van der Waals surface area contributed by atoms with E-state index in [4.69, 9.17) is 0 Å². The Balaban J connectivity index is 1.74. The van der Waals surface area contributed by atoms with Crippen LogP contribution in [0.3, 0.4) is 0 Å². The average molecular weight is 873 g/mol. The van der Waals surface area contributed by atoms with E-state index in [9.17, 15) is 0 Å². The van der Waals surface area contributed by atoms with Crippen molar-refractivity contribution in [1.29, 1.82) is 0 Å². The predicted molar refractivity (Wildman–Crippen MR) is 206 cm³/mol. The SMILES string of the molecule is CCCc1cc2c(CCC)cc1C#C[Se]CCCCC[Se]C#Cc1cc(CCC)c(cc1CCC)C#C[Se]CCCCC[Se]C#C2. The fraction of sp³-hybridized carbons (Fsp3) is 0.524. The first-order valence-corrected chi connectivity index (χ1v) is 25.8. The van der Waals surface area contributed by atoms with E-state index >= 15 is 0 Å². The van der Waals surface area contributed by atoms with E-state index < -0.39 is 0 Å². The fourth-order valence-corrected chi connectivity index (χ4v) is 10.7. The van der Waals surface area contributed by atoms with Gasteiger partial charge < -0.3 is 0 Å². The Morgan fingerprint density at radius 3 is 0.848 bits per heavy atom.